The zero-order valence-corrected chi connectivity index (χ0v) is 12.5. The van der Waals surface area contributed by atoms with E-state index in [2.05, 4.69) is 42.2 Å². The van der Waals surface area contributed by atoms with Gasteiger partial charge in [-0.3, -0.25) is 0 Å². The maximum atomic E-state index is 5.99. The van der Waals surface area contributed by atoms with E-state index in [4.69, 9.17) is 4.74 Å². The Morgan fingerprint density at radius 1 is 1.42 bits per heavy atom. The number of nitrogens with one attached hydrogen (secondary N) is 1. The van der Waals surface area contributed by atoms with Crippen LogP contribution in [0, 0.1) is 0 Å². The Labute approximate surface area is 120 Å². The van der Waals surface area contributed by atoms with Crippen LogP contribution >= 0.6 is 11.8 Å². The van der Waals surface area contributed by atoms with Gasteiger partial charge in [0.2, 0.25) is 0 Å². The van der Waals surface area contributed by atoms with E-state index in [0.717, 1.165) is 19.6 Å². The molecule has 2 aliphatic rings. The molecule has 19 heavy (non-hydrogen) atoms. The molecule has 0 aliphatic carbocycles. The smallest absolute Gasteiger partial charge is 0.127 e. The number of para-hydroxylation sites is 1. The Bertz CT molecular complexity index is 429. The molecule has 104 valence electrons. The highest BCUT2D eigenvalue weighted by Crippen LogP contribution is 2.41. The van der Waals surface area contributed by atoms with Gasteiger partial charge in [-0.2, -0.15) is 11.8 Å². The van der Waals surface area contributed by atoms with E-state index in [1.54, 1.807) is 0 Å². The lowest BCUT2D eigenvalue weighted by molar-refractivity contribution is 0.281. The van der Waals surface area contributed by atoms with Crippen molar-refractivity contribution in [3.8, 4) is 5.75 Å². The van der Waals surface area contributed by atoms with E-state index < -0.39 is 0 Å². The highest BCUT2D eigenvalue weighted by Gasteiger charge is 2.29. The summed E-state index contributed by atoms with van der Waals surface area (Å²) >= 11 is 2.12. The largest absolute Gasteiger partial charge is 0.493 e. The molecule has 1 saturated heterocycles. The van der Waals surface area contributed by atoms with E-state index in [1.807, 2.05) is 0 Å². The van der Waals surface area contributed by atoms with Crippen LogP contribution in [0.15, 0.2) is 18.2 Å². The Morgan fingerprint density at radius 2 is 2.37 bits per heavy atom. The summed E-state index contributed by atoms with van der Waals surface area (Å²) < 4.78 is 5.99. The molecule has 0 amide bonds. The molecule has 2 unspecified atom stereocenters. The van der Waals surface area contributed by atoms with E-state index in [0.29, 0.717) is 11.3 Å². The number of ether oxygens (including phenoxy) is 1. The minimum Gasteiger partial charge on any atom is -0.493 e. The lowest BCUT2D eigenvalue weighted by atomic mass is 9.95. The topological polar surface area (TPSA) is 21.3 Å². The van der Waals surface area contributed by atoms with Gasteiger partial charge < -0.3 is 10.1 Å². The van der Waals surface area contributed by atoms with Gasteiger partial charge >= 0.3 is 0 Å². The second-order valence-corrected chi connectivity index (χ2v) is 6.72. The molecule has 0 saturated carbocycles. The first-order valence-electron chi connectivity index (χ1n) is 7.49. The van der Waals surface area contributed by atoms with Crippen molar-refractivity contribution in [1.29, 1.82) is 0 Å². The summed E-state index contributed by atoms with van der Waals surface area (Å²) in [6.45, 7) is 4.09. The summed E-state index contributed by atoms with van der Waals surface area (Å²) in [7, 11) is 0. The summed E-state index contributed by atoms with van der Waals surface area (Å²) in [5, 5.41) is 4.40. The lowest BCUT2D eigenvalue weighted by Crippen LogP contribution is -2.30. The third-order valence-corrected chi connectivity index (χ3v) is 5.52. The Kier molecular flexibility index (Phi) is 4.34. The first kappa shape index (κ1) is 13.3. The molecule has 1 N–H and O–H groups in total. The normalized spacial score (nSPS) is 23.7. The number of hydrogen-bond acceptors (Lipinski definition) is 3. The molecular formula is C16H23NOS. The molecular weight excluding hydrogens is 254 g/mol. The van der Waals surface area contributed by atoms with Crippen molar-refractivity contribution in [2.45, 2.75) is 43.9 Å². The number of aryl methyl sites for hydroxylation is 1. The Hall–Kier alpha value is -0.670. The standard InChI is InChI=1S/C16H23NOS/c1-2-17-15(14-9-5-11-19-14)13-8-3-6-12-7-4-10-18-16(12)13/h3,6,8,14-15,17H,2,4-5,7,9-11H2,1H3. The van der Waals surface area contributed by atoms with E-state index in [-0.39, 0.29) is 0 Å². The van der Waals surface area contributed by atoms with Crippen molar-refractivity contribution < 1.29 is 4.74 Å². The molecule has 0 bridgehead atoms. The van der Waals surface area contributed by atoms with E-state index in [1.165, 1.54) is 41.9 Å². The van der Waals surface area contributed by atoms with Crippen LogP contribution in [0.25, 0.3) is 0 Å². The van der Waals surface area contributed by atoms with Crippen molar-refractivity contribution in [1.82, 2.24) is 5.32 Å². The Morgan fingerprint density at radius 3 is 3.16 bits per heavy atom. The molecule has 0 spiro atoms. The number of rotatable bonds is 4. The fraction of sp³-hybridized carbons (Fsp3) is 0.625. The molecule has 0 radical (unpaired) electrons. The summed E-state index contributed by atoms with van der Waals surface area (Å²) in [5.74, 6) is 2.48. The van der Waals surface area contributed by atoms with Crippen LogP contribution in [-0.4, -0.2) is 24.2 Å². The molecule has 2 heterocycles. The first-order valence-corrected chi connectivity index (χ1v) is 8.54. The molecule has 3 rings (SSSR count). The van der Waals surface area contributed by atoms with E-state index >= 15 is 0 Å². The van der Waals surface area contributed by atoms with Crippen LogP contribution in [0.1, 0.15) is 43.4 Å². The predicted molar refractivity (Wildman–Crippen MR) is 82.2 cm³/mol. The van der Waals surface area contributed by atoms with Crippen LogP contribution in [0.5, 0.6) is 5.75 Å². The van der Waals surface area contributed by atoms with Gasteiger partial charge in [0.05, 0.1) is 6.61 Å². The van der Waals surface area contributed by atoms with Gasteiger partial charge in [-0.05, 0) is 43.5 Å². The van der Waals surface area contributed by atoms with Crippen molar-refractivity contribution in [3.05, 3.63) is 29.3 Å². The zero-order valence-electron chi connectivity index (χ0n) is 11.7. The summed E-state index contributed by atoms with van der Waals surface area (Å²) in [5.41, 5.74) is 2.79. The maximum absolute atomic E-state index is 5.99. The van der Waals surface area contributed by atoms with Gasteiger partial charge in [0, 0.05) is 16.9 Å². The Balaban J connectivity index is 1.92. The number of thioether (sulfide) groups is 1. The summed E-state index contributed by atoms with van der Waals surface area (Å²) in [6, 6.07) is 7.14. The van der Waals surface area contributed by atoms with Crippen molar-refractivity contribution in [2.24, 2.45) is 0 Å². The first-order chi connectivity index (χ1) is 9.40. The number of hydrogen-bond donors (Lipinski definition) is 1. The van der Waals surface area contributed by atoms with Gasteiger partial charge in [-0.1, -0.05) is 25.1 Å². The fourth-order valence-corrected chi connectivity index (χ4v) is 4.59. The lowest BCUT2D eigenvalue weighted by Gasteiger charge is -2.29. The van der Waals surface area contributed by atoms with Crippen molar-refractivity contribution >= 4 is 11.8 Å². The van der Waals surface area contributed by atoms with Crippen molar-refractivity contribution in [3.63, 3.8) is 0 Å². The molecule has 2 aliphatic heterocycles. The minimum absolute atomic E-state index is 0.450. The average Bonchev–Trinajstić information content (AvgIpc) is 2.98. The number of fused-ring (bicyclic) bond motifs is 1. The summed E-state index contributed by atoms with van der Waals surface area (Å²) in [4.78, 5) is 0. The third-order valence-electron chi connectivity index (χ3n) is 4.06. The third kappa shape index (κ3) is 2.77. The number of benzene rings is 1. The van der Waals surface area contributed by atoms with Crippen LogP contribution in [0.2, 0.25) is 0 Å². The fourth-order valence-electron chi connectivity index (χ4n) is 3.19. The monoisotopic (exact) mass is 277 g/mol. The van der Waals surface area contributed by atoms with Crippen LogP contribution in [0.4, 0.5) is 0 Å². The molecule has 1 aromatic carbocycles. The van der Waals surface area contributed by atoms with Gasteiger partial charge in [0.15, 0.2) is 0 Å². The molecule has 1 aromatic rings. The highest BCUT2D eigenvalue weighted by molar-refractivity contribution is 8.00. The molecule has 3 heteroatoms. The average molecular weight is 277 g/mol. The van der Waals surface area contributed by atoms with Gasteiger partial charge in [0.25, 0.3) is 0 Å². The molecule has 2 atom stereocenters. The van der Waals surface area contributed by atoms with Crippen LogP contribution in [-0.2, 0) is 6.42 Å². The van der Waals surface area contributed by atoms with Gasteiger partial charge in [0.1, 0.15) is 5.75 Å². The van der Waals surface area contributed by atoms with Crippen LogP contribution in [0.3, 0.4) is 0 Å². The molecule has 2 nitrogen and oxygen atoms in total. The quantitative estimate of drug-likeness (QED) is 0.909. The van der Waals surface area contributed by atoms with E-state index in [9.17, 15) is 0 Å². The second-order valence-electron chi connectivity index (χ2n) is 5.37. The van der Waals surface area contributed by atoms with Gasteiger partial charge in [-0.15, -0.1) is 0 Å². The second kappa shape index (κ2) is 6.19. The molecule has 0 aromatic heterocycles. The zero-order chi connectivity index (χ0) is 13.1. The highest BCUT2D eigenvalue weighted by atomic mass is 32.2. The SMILES string of the molecule is CCNC(c1cccc2c1OCCC2)C1CCCS1. The summed E-state index contributed by atoms with van der Waals surface area (Å²) in [6.07, 6.45) is 5.00. The van der Waals surface area contributed by atoms with Crippen molar-refractivity contribution in [2.75, 3.05) is 18.9 Å². The maximum Gasteiger partial charge on any atom is 0.127 e. The van der Waals surface area contributed by atoms with Gasteiger partial charge in [-0.25, -0.2) is 0 Å². The predicted octanol–water partition coefficient (Wildman–Crippen LogP) is 3.56. The molecule has 1 fully saturated rings. The minimum atomic E-state index is 0.450. The van der Waals surface area contributed by atoms with Crippen LogP contribution < -0.4 is 10.1 Å².